The number of nitrogens with one attached hydrogen (secondary N) is 2. The normalized spacial score (nSPS) is 22.7. The van der Waals surface area contributed by atoms with Crippen LogP contribution in [0.1, 0.15) is 42.1 Å². The van der Waals surface area contributed by atoms with Crippen molar-refractivity contribution in [3.05, 3.63) is 77.9 Å². The van der Waals surface area contributed by atoms with Gasteiger partial charge in [-0.3, -0.25) is 14.4 Å². The van der Waals surface area contributed by atoms with Crippen LogP contribution in [0.4, 0.5) is 5.69 Å². The van der Waals surface area contributed by atoms with Crippen LogP contribution >= 0.6 is 0 Å². The lowest BCUT2D eigenvalue weighted by molar-refractivity contribution is -0.130. The summed E-state index contributed by atoms with van der Waals surface area (Å²) in [5.74, 6) is -0.576. The molecule has 1 fully saturated rings. The highest BCUT2D eigenvalue weighted by Crippen LogP contribution is 2.35. The van der Waals surface area contributed by atoms with Gasteiger partial charge < -0.3 is 20.6 Å². The molecule has 0 unspecified atom stereocenters. The van der Waals surface area contributed by atoms with E-state index in [-0.39, 0.29) is 30.2 Å². The van der Waals surface area contributed by atoms with Crippen molar-refractivity contribution in [2.75, 3.05) is 18.4 Å². The first-order valence-electron chi connectivity index (χ1n) is 11.3. The van der Waals surface area contributed by atoms with E-state index in [1.54, 1.807) is 29.2 Å². The first kappa shape index (κ1) is 22.7. The largest absolute Gasteiger partial charge is 0.388 e. The van der Waals surface area contributed by atoms with Crippen LogP contribution in [0.5, 0.6) is 0 Å². The van der Waals surface area contributed by atoms with Crippen molar-refractivity contribution in [1.29, 1.82) is 0 Å². The lowest BCUT2D eigenvalue weighted by atomic mass is 9.78. The summed E-state index contributed by atoms with van der Waals surface area (Å²) in [5.41, 5.74) is 0.977. The zero-order valence-corrected chi connectivity index (χ0v) is 18.7. The van der Waals surface area contributed by atoms with Crippen LogP contribution < -0.4 is 10.6 Å². The molecule has 0 bridgehead atoms. The van der Waals surface area contributed by atoms with Crippen LogP contribution in [0.2, 0.25) is 0 Å². The Hall–Kier alpha value is -3.45. The van der Waals surface area contributed by atoms with Crippen molar-refractivity contribution in [3.63, 3.8) is 0 Å². The predicted octanol–water partition coefficient (Wildman–Crippen LogP) is 2.83. The van der Waals surface area contributed by atoms with E-state index in [9.17, 15) is 19.5 Å². The molecule has 4 rings (SSSR count). The van der Waals surface area contributed by atoms with E-state index in [1.807, 2.05) is 42.5 Å². The lowest BCUT2D eigenvalue weighted by Gasteiger charge is -2.46. The number of hydrogen-bond acceptors (Lipinski definition) is 4. The molecule has 2 aromatic carbocycles. The summed E-state index contributed by atoms with van der Waals surface area (Å²) in [6, 6.07) is 16.2. The molecule has 1 aliphatic carbocycles. The maximum Gasteiger partial charge on any atom is 0.253 e. The van der Waals surface area contributed by atoms with E-state index >= 15 is 0 Å². The van der Waals surface area contributed by atoms with Crippen molar-refractivity contribution in [2.24, 2.45) is 5.92 Å². The molecule has 2 aromatic rings. The number of aliphatic hydroxyl groups excluding tert-OH is 1. The van der Waals surface area contributed by atoms with Crippen LogP contribution in [-0.4, -0.2) is 46.9 Å². The molecule has 0 saturated carbocycles. The molecule has 0 aromatic heterocycles. The summed E-state index contributed by atoms with van der Waals surface area (Å²) in [4.78, 5) is 38.9. The number of carbonyl (C=O) groups is 3. The second-order valence-corrected chi connectivity index (χ2v) is 8.74. The molecule has 1 aliphatic heterocycles. The van der Waals surface area contributed by atoms with Crippen LogP contribution in [0.25, 0.3) is 0 Å². The van der Waals surface area contributed by atoms with Crippen LogP contribution in [0.15, 0.2) is 66.7 Å². The van der Waals surface area contributed by atoms with Gasteiger partial charge in [0, 0.05) is 37.2 Å². The Balaban J connectivity index is 1.52. The molecule has 0 spiro atoms. The lowest BCUT2D eigenvalue weighted by Crippen LogP contribution is -2.63. The highest BCUT2D eigenvalue weighted by Gasteiger charge is 2.46. The fraction of sp³-hybridized carbons (Fsp3) is 0.346. The Morgan fingerprint density at radius 3 is 2.27 bits per heavy atom. The van der Waals surface area contributed by atoms with E-state index in [1.165, 1.54) is 6.92 Å². The van der Waals surface area contributed by atoms with Gasteiger partial charge in [0.25, 0.3) is 5.91 Å². The van der Waals surface area contributed by atoms with Crippen molar-refractivity contribution in [1.82, 2.24) is 10.2 Å². The molecule has 7 nitrogen and oxygen atoms in total. The Bertz CT molecular complexity index is 1040. The van der Waals surface area contributed by atoms with Crippen molar-refractivity contribution in [2.45, 2.75) is 37.8 Å². The third kappa shape index (κ3) is 4.83. The number of carbonyl (C=O) groups excluding carboxylic acids is 3. The molecular weight excluding hydrogens is 418 g/mol. The van der Waals surface area contributed by atoms with E-state index in [4.69, 9.17) is 0 Å². The number of nitrogens with zero attached hydrogens (tertiary/aromatic N) is 1. The van der Waals surface area contributed by atoms with Gasteiger partial charge in [-0.2, -0.15) is 0 Å². The second-order valence-electron chi connectivity index (χ2n) is 8.74. The second kappa shape index (κ2) is 9.58. The minimum atomic E-state index is -0.963. The minimum absolute atomic E-state index is 0.0729. The Morgan fingerprint density at radius 1 is 1.00 bits per heavy atom. The third-order valence-electron chi connectivity index (χ3n) is 6.49. The number of rotatable bonds is 5. The molecule has 1 saturated heterocycles. The van der Waals surface area contributed by atoms with Gasteiger partial charge in [-0.1, -0.05) is 42.5 Å². The summed E-state index contributed by atoms with van der Waals surface area (Å²) >= 11 is 0. The minimum Gasteiger partial charge on any atom is -0.388 e. The molecule has 3 N–H and O–H groups in total. The molecule has 3 amide bonds. The van der Waals surface area contributed by atoms with E-state index < -0.39 is 11.6 Å². The van der Waals surface area contributed by atoms with E-state index in [0.29, 0.717) is 37.1 Å². The van der Waals surface area contributed by atoms with E-state index in [2.05, 4.69) is 10.6 Å². The van der Waals surface area contributed by atoms with E-state index in [0.717, 1.165) is 5.56 Å². The molecular formula is C26H29N3O4. The molecule has 1 heterocycles. The van der Waals surface area contributed by atoms with Crippen LogP contribution in [-0.2, 0) is 15.1 Å². The van der Waals surface area contributed by atoms with Crippen LogP contribution in [0.3, 0.4) is 0 Å². The number of aliphatic hydroxyl groups is 1. The topological polar surface area (TPSA) is 98.7 Å². The number of β-amino-alcohol motifs (C(OH)–C–C–N with tert-alkyl or cyclic N) is 1. The zero-order valence-electron chi connectivity index (χ0n) is 18.7. The molecule has 2 aliphatic rings. The third-order valence-corrected chi connectivity index (χ3v) is 6.49. The first-order valence-corrected chi connectivity index (χ1v) is 11.3. The van der Waals surface area contributed by atoms with Crippen molar-refractivity contribution >= 4 is 23.4 Å². The monoisotopic (exact) mass is 447 g/mol. The SMILES string of the molecule is CC(=O)Nc1ccc(C(=O)N2CC[C@](NC(=O)C3CC=CC3)(c3ccccc3)[C@H](O)C2)cc1. The van der Waals surface area contributed by atoms with Gasteiger partial charge in [-0.15, -0.1) is 0 Å². The van der Waals surface area contributed by atoms with Gasteiger partial charge in [0.2, 0.25) is 11.8 Å². The standard InChI is InChI=1S/C26H29N3O4/c1-18(30)27-22-13-11-20(12-14-22)25(33)29-16-15-26(23(31)17-29,21-9-3-2-4-10-21)28-24(32)19-7-5-6-8-19/h2-6,9-14,19,23,31H,7-8,15-17H2,1H3,(H,27,30)(H,28,32)/t23-,26+/m1/s1. The fourth-order valence-electron chi connectivity index (χ4n) is 4.64. The summed E-state index contributed by atoms with van der Waals surface area (Å²) in [6.45, 7) is 1.92. The van der Waals surface area contributed by atoms with Gasteiger partial charge in [-0.25, -0.2) is 0 Å². The Kier molecular flexibility index (Phi) is 6.60. The van der Waals surface area contributed by atoms with Gasteiger partial charge in [-0.05, 0) is 49.1 Å². The van der Waals surface area contributed by atoms with Crippen molar-refractivity contribution in [3.8, 4) is 0 Å². The molecule has 172 valence electrons. The molecule has 33 heavy (non-hydrogen) atoms. The first-order chi connectivity index (χ1) is 15.9. The smallest absolute Gasteiger partial charge is 0.253 e. The molecule has 7 heteroatoms. The number of hydrogen-bond donors (Lipinski definition) is 3. The number of piperidine rings is 1. The van der Waals surface area contributed by atoms with Gasteiger partial charge in [0.1, 0.15) is 0 Å². The average Bonchev–Trinajstić information content (AvgIpc) is 3.36. The van der Waals surface area contributed by atoms with Crippen molar-refractivity contribution < 1.29 is 19.5 Å². The number of allylic oxidation sites excluding steroid dienone is 2. The quantitative estimate of drug-likeness (QED) is 0.614. The summed E-state index contributed by atoms with van der Waals surface area (Å²) in [5, 5.41) is 17.1. The maximum absolute atomic E-state index is 13.1. The number of likely N-dealkylation sites (tertiary alicyclic amines) is 1. The van der Waals surface area contributed by atoms with Gasteiger partial charge in [0.15, 0.2) is 0 Å². The predicted molar refractivity (Wildman–Crippen MR) is 125 cm³/mol. The van der Waals surface area contributed by atoms with Gasteiger partial charge in [0.05, 0.1) is 11.6 Å². The maximum atomic E-state index is 13.1. The average molecular weight is 448 g/mol. The summed E-state index contributed by atoms with van der Waals surface area (Å²) in [6.07, 6.45) is 4.86. The van der Waals surface area contributed by atoms with Crippen LogP contribution in [0, 0.1) is 5.92 Å². The number of benzene rings is 2. The Labute approximate surface area is 193 Å². The number of anilines is 1. The molecule has 0 radical (unpaired) electrons. The summed E-state index contributed by atoms with van der Waals surface area (Å²) in [7, 11) is 0. The van der Waals surface area contributed by atoms with Gasteiger partial charge >= 0.3 is 0 Å². The highest BCUT2D eigenvalue weighted by molar-refractivity contribution is 5.95. The Morgan fingerprint density at radius 2 is 1.67 bits per heavy atom. The number of amides is 3. The summed E-state index contributed by atoms with van der Waals surface area (Å²) < 4.78 is 0. The highest BCUT2D eigenvalue weighted by atomic mass is 16.3. The molecule has 2 atom stereocenters. The fourth-order valence-corrected chi connectivity index (χ4v) is 4.64. The zero-order chi connectivity index (χ0) is 23.4.